The van der Waals surface area contributed by atoms with Crippen LogP contribution in [0.2, 0.25) is 0 Å². The van der Waals surface area contributed by atoms with Gasteiger partial charge in [-0.3, -0.25) is 14.7 Å². The maximum absolute atomic E-state index is 12.4. The van der Waals surface area contributed by atoms with Crippen LogP contribution in [0.3, 0.4) is 0 Å². The molecule has 6 nitrogen and oxygen atoms in total. The average molecular weight is 324 g/mol. The molecule has 2 N–H and O–H groups in total. The molecule has 1 aromatic heterocycles. The predicted molar refractivity (Wildman–Crippen MR) is 90.8 cm³/mol. The van der Waals surface area contributed by atoms with E-state index in [0.717, 1.165) is 16.9 Å². The Labute approximate surface area is 140 Å². The average Bonchev–Trinajstić information content (AvgIpc) is 3.19. The minimum Gasteiger partial charge on any atom is -0.312 e. The monoisotopic (exact) mass is 324 g/mol. The highest BCUT2D eigenvalue weighted by molar-refractivity contribution is 6.03. The summed E-state index contributed by atoms with van der Waals surface area (Å²) in [4.78, 5) is 26.4. The van der Waals surface area contributed by atoms with Crippen LogP contribution in [-0.4, -0.2) is 28.6 Å². The number of hydrogen-bond donors (Lipinski definition) is 2. The van der Waals surface area contributed by atoms with Crippen LogP contribution in [0.1, 0.15) is 36.4 Å². The second-order valence-electron chi connectivity index (χ2n) is 6.71. The molecule has 124 valence electrons. The molecule has 4 rings (SSSR count). The van der Waals surface area contributed by atoms with Crippen molar-refractivity contribution in [1.29, 1.82) is 0 Å². The molecule has 2 aromatic rings. The van der Waals surface area contributed by atoms with Crippen molar-refractivity contribution in [2.45, 2.75) is 32.1 Å². The summed E-state index contributed by atoms with van der Waals surface area (Å²) in [6, 6.07) is 9.68. The first kappa shape index (κ1) is 14.9. The van der Waals surface area contributed by atoms with Gasteiger partial charge in [-0.05, 0) is 31.9 Å². The Morgan fingerprint density at radius 3 is 2.75 bits per heavy atom. The van der Waals surface area contributed by atoms with Crippen molar-refractivity contribution in [1.82, 2.24) is 10.2 Å². The molecule has 0 spiro atoms. The van der Waals surface area contributed by atoms with Gasteiger partial charge in [0, 0.05) is 36.3 Å². The third-order valence-electron chi connectivity index (χ3n) is 4.71. The van der Waals surface area contributed by atoms with E-state index in [-0.39, 0.29) is 24.2 Å². The van der Waals surface area contributed by atoms with Gasteiger partial charge < -0.3 is 10.2 Å². The molecular weight excluding hydrogens is 304 g/mol. The van der Waals surface area contributed by atoms with Gasteiger partial charge in [0.15, 0.2) is 5.82 Å². The lowest BCUT2D eigenvalue weighted by Gasteiger charge is -2.16. The fourth-order valence-electron chi connectivity index (χ4n) is 3.09. The maximum atomic E-state index is 12.4. The first-order valence-electron chi connectivity index (χ1n) is 8.33. The number of nitrogens with one attached hydrogen (secondary N) is 2. The zero-order valence-electron chi connectivity index (χ0n) is 13.6. The van der Waals surface area contributed by atoms with Crippen molar-refractivity contribution in [3.05, 3.63) is 41.6 Å². The maximum Gasteiger partial charge on any atom is 0.231 e. The number of aryl methyl sites for hydroxylation is 1. The highest BCUT2D eigenvalue weighted by atomic mass is 16.2. The normalized spacial score (nSPS) is 20.5. The van der Waals surface area contributed by atoms with E-state index in [2.05, 4.69) is 15.5 Å². The van der Waals surface area contributed by atoms with E-state index in [9.17, 15) is 9.59 Å². The molecule has 1 aromatic carbocycles. The molecule has 0 radical (unpaired) electrons. The smallest absolute Gasteiger partial charge is 0.231 e. The molecule has 6 heteroatoms. The van der Waals surface area contributed by atoms with Gasteiger partial charge in [0.2, 0.25) is 11.8 Å². The third-order valence-corrected chi connectivity index (χ3v) is 4.71. The molecule has 1 aliphatic heterocycles. The number of aromatic nitrogens is 2. The third kappa shape index (κ3) is 2.91. The molecule has 2 aliphatic rings. The molecule has 1 saturated heterocycles. The quantitative estimate of drug-likeness (QED) is 0.907. The van der Waals surface area contributed by atoms with Crippen LogP contribution in [0.5, 0.6) is 0 Å². The van der Waals surface area contributed by atoms with Crippen molar-refractivity contribution >= 4 is 23.3 Å². The Morgan fingerprint density at radius 1 is 1.29 bits per heavy atom. The largest absolute Gasteiger partial charge is 0.312 e. The number of anilines is 2. The fourth-order valence-corrected chi connectivity index (χ4v) is 3.09. The first-order valence-corrected chi connectivity index (χ1v) is 8.33. The van der Waals surface area contributed by atoms with Gasteiger partial charge >= 0.3 is 0 Å². The summed E-state index contributed by atoms with van der Waals surface area (Å²) < 4.78 is 0. The van der Waals surface area contributed by atoms with Gasteiger partial charge in [0.1, 0.15) is 0 Å². The summed E-state index contributed by atoms with van der Waals surface area (Å²) >= 11 is 0. The van der Waals surface area contributed by atoms with Crippen LogP contribution >= 0.6 is 0 Å². The van der Waals surface area contributed by atoms with E-state index in [4.69, 9.17) is 0 Å². The van der Waals surface area contributed by atoms with Crippen molar-refractivity contribution in [3.8, 4) is 0 Å². The van der Waals surface area contributed by atoms with Gasteiger partial charge in [0.25, 0.3) is 0 Å². The number of H-pyrrole nitrogens is 1. The molecule has 2 heterocycles. The molecule has 2 fully saturated rings. The minimum absolute atomic E-state index is 0.0142. The number of hydrogen-bond acceptors (Lipinski definition) is 3. The lowest BCUT2D eigenvalue weighted by Crippen LogP contribution is -2.28. The van der Waals surface area contributed by atoms with Crippen LogP contribution in [0.15, 0.2) is 30.3 Å². The van der Waals surface area contributed by atoms with Crippen LogP contribution in [0.25, 0.3) is 0 Å². The highest BCUT2D eigenvalue weighted by Gasteiger charge is 2.35. The second kappa shape index (κ2) is 5.78. The van der Waals surface area contributed by atoms with Crippen LogP contribution in [-0.2, 0) is 9.59 Å². The molecule has 1 saturated carbocycles. The van der Waals surface area contributed by atoms with Gasteiger partial charge in [-0.1, -0.05) is 17.7 Å². The van der Waals surface area contributed by atoms with Crippen molar-refractivity contribution < 1.29 is 9.59 Å². The summed E-state index contributed by atoms with van der Waals surface area (Å²) in [5, 5.41) is 9.94. The van der Waals surface area contributed by atoms with Crippen LogP contribution < -0.4 is 10.2 Å². The van der Waals surface area contributed by atoms with E-state index < -0.39 is 0 Å². The summed E-state index contributed by atoms with van der Waals surface area (Å²) in [5.41, 5.74) is 3.07. The molecule has 1 atom stereocenters. The van der Waals surface area contributed by atoms with Gasteiger partial charge in [-0.15, -0.1) is 0 Å². The Bertz CT molecular complexity index is 777. The zero-order chi connectivity index (χ0) is 16.7. The van der Waals surface area contributed by atoms with E-state index in [1.165, 1.54) is 12.8 Å². The number of benzene rings is 1. The number of carbonyl (C=O) groups excluding carboxylic acids is 2. The Morgan fingerprint density at radius 2 is 2.04 bits per heavy atom. The van der Waals surface area contributed by atoms with E-state index in [1.807, 2.05) is 37.3 Å². The molecule has 1 aliphatic carbocycles. The van der Waals surface area contributed by atoms with Gasteiger partial charge in [-0.25, -0.2) is 0 Å². The first-order chi connectivity index (χ1) is 11.6. The fraction of sp³-hybridized carbons (Fsp3) is 0.389. The minimum atomic E-state index is -0.347. The standard InChI is InChI=1S/C18H20N4O2/c1-11-2-6-14(7-3-11)22-10-13(8-17(22)23)18(24)19-16-9-15(20-21-16)12-4-5-12/h2-3,6-7,9,12-13H,4-5,8,10H2,1H3,(H2,19,20,21,24)/t13-/m0/s1. The number of rotatable bonds is 4. The summed E-state index contributed by atoms with van der Waals surface area (Å²) in [7, 11) is 0. The van der Waals surface area contributed by atoms with E-state index in [0.29, 0.717) is 18.3 Å². The van der Waals surface area contributed by atoms with Crippen molar-refractivity contribution in [3.63, 3.8) is 0 Å². The molecule has 2 amide bonds. The second-order valence-corrected chi connectivity index (χ2v) is 6.71. The number of carbonyl (C=O) groups is 2. The lowest BCUT2D eigenvalue weighted by molar-refractivity contribution is -0.122. The summed E-state index contributed by atoms with van der Waals surface area (Å²) in [6.07, 6.45) is 2.59. The van der Waals surface area contributed by atoms with Gasteiger partial charge in [0.05, 0.1) is 5.92 Å². The lowest BCUT2D eigenvalue weighted by atomic mass is 10.1. The summed E-state index contributed by atoms with van der Waals surface area (Å²) in [6.45, 7) is 2.42. The van der Waals surface area contributed by atoms with E-state index in [1.54, 1.807) is 4.90 Å². The SMILES string of the molecule is Cc1ccc(N2C[C@@H](C(=O)Nc3cc(C4CC4)[nH]n3)CC2=O)cc1. The molecular formula is C18H20N4O2. The Balaban J connectivity index is 1.41. The Kier molecular flexibility index (Phi) is 3.59. The molecule has 24 heavy (non-hydrogen) atoms. The van der Waals surface area contributed by atoms with Crippen LogP contribution in [0, 0.1) is 12.8 Å². The van der Waals surface area contributed by atoms with Crippen molar-refractivity contribution in [2.75, 3.05) is 16.8 Å². The van der Waals surface area contributed by atoms with Crippen LogP contribution in [0.4, 0.5) is 11.5 Å². The van der Waals surface area contributed by atoms with Gasteiger partial charge in [-0.2, -0.15) is 5.10 Å². The zero-order valence-corrected chi connectivity index (χ0v) is 13.6. The topological polar surface area (TPSA) is 78.1 Å². The highest BCUT2D eigenvalue weighted by Crippen LogP contribution is 2.39. The van der Waals surface area contributed by atoms with Crippen molar-refractivity contribution in [2.24, 2.45) is 5.92 Å². The number of amides is 2. The summed E-state index contributed by atoms with van der Waals surface area (Å²) in [5.74, 6) is 0.600. The molecule has 0 bridgehead atoms. The molecule has 0 unspecified atom stereocenters. The predicted octanol–water partition coefficient (Wildman–Crippen LogP) is 2.59. The van der Waals surface area contributed by atoms with E-state index >= 15 is 0 Å². The number of aromatic amines is 1. The Hall–Kier alpha value is -2.63. The number of nitrogens with zero attached hydrogens (tertiary/aromatic N) is 2.